The predicted molar refractivity (Wildman–Crippen MR) is 113 cm³/mol. The van der Waals surface area contributed by atoms with Gasteiger partial charge in [-0.3, -0.25) is 0 Å². The maximum atomic E-state index is 10.8. The van der Waals surface area contributed by atoms with Crippen molar-refractivity contribution in [3.8, 4) is 22.9 Å². The summed E-state index contributed by atoms with van der Waals surface area (Å²) in [5, 5.41) is 18.0. The number of carbonyl (C=O) groups is 1. The Morgan fingerprint density at radius 2 is 1.74 bits per heavy atom. The van der Waals surface area contributed by atoms with Crippen LogP contribution in [0.5, 0.6) is 5.75 Å². The molecule has 1 aliphatic heterocycles. The van der Waals surface area contributed by atoms with Crippen LogP contribution in [-0.4, -0.2) is 30.9 Å². The first kappa shape index (κ1) is 20.6. The van der Waals surface area contributed by atoms with E-state index in [0.29, 0.717) is 31.1 Å². The van der Waals surface area contributed by atoms with Crippen molar-refractivity contribution < 1.29 is 24.1 Å². The summed E-state index contributed by atoms with van der Waals surface area (Å²) in [6.07, 6.45) is 0. The highest BCUT2D eigenvalue weighted by Crippen LogP contribution is 2.34. The van der Waals surface area contributed by atoms with Crippen LogP contribution in [0.25, 0.3) is 11.1 Å². The number of benzene rings is 3. The van der Waals surface area contributed by atoms with E-state index in [1.54, 1.807) is 6.07 Å². The van der Waals surface area contributed by atoms with Crippen LogP contribution in [0.4, 0.5) is 0 Å². The highest BCUT2D eigenvalue weighted by atomic mass is 16.6. The van der Waals surface area contributed by atoms with E-state index >= 15 is 0 Å². The second-order valence-corrected chi connectivity index (χ2v) is 7.38. The van der Waals surface area contributed by atoms with E-state index in [4.69, 9.17) is 24.6 Å². The van der Waals surface area contributed by atoms with E-state index in [-0.39, 0.29) is 6.61 Å². The molecule has 0 amide bonds. The van der Waals surface area contributed by atoms with Gasteiger partial charge < -0.3 is 19.3 Å². The first-order valence-electron chi connectivity index (χ1n) is 9.84. The summed E-state index contributed by atoms with van der Waals surface area (Å²) in [7, 11) is 0. The number of aliphatic carboxylic acids is 1. The summed E-state index contributed by atoms with van der Waals surface area (Å²) in [6, 6.07) is 25.1. The smallest absolute Gasteiger partial charge is 0.329 e. The van der Waals surface area contributed by atoms with Crippen LogP contribution in [0.3, 0.4) is 0 Å². The fraction of sp³-hybridized carbons (Fsp3) is 0.200. The third-order valence-electron chi connectivity index (χ3n) is 5.18. The number of rotatable bonds is 8. The van der Waals surface area contributed by atoms with Crippen LogP contribution in [0.2, 0.25) is 0 Å². The molecule has 1 saturated heterocycles. The molecule has 0 spiro atoms. The van der Waals surface area contributed by atoms with Crippen LogP contribution in [0, 0.1) is 11.3 Å². The standard InChI is InChI=1S/C25H21NO5/c26-13-18-3-1-5-20(11-18)21-6-2-4-19(12-21)14-30-23-9-7-22(8-10-23)25(16-29-17-25)31-15-24(27)28/h1-12H,14-17H2,(H,27,28). The molecule has 4 rings (SSSR count). The molecule has 1 N–H and O–H groups in total. The second kappa shape index (κ2) is 9.00. The average molecular weight is 415 g/mol. The van der Waals surface area contributed by atoms with Gasteiger partial charge in [0.1, 0.15) is 24.6 Å². The van der Waals surface area contributed by atoms with Crippen molar-refractivity contribution >= 4 is 5.97 Å². The minimum Gasteiger partial charge on any atom is -0.489 e. The molecule has 156 valence electrons. The third kappa shape index (κ3) is 4.75. The quantitative estimate of drug-likeness (QED) is 0.595. The highest BCUT2D eigenvalue weighted by molar-refractivity contribution is 5.68. The zero-order valence-corrected chi connectivity index (χ0v) is 16.8. The van der Waals surface area contributed by atoms with E-state index in [1.165, 1.54) is 0 Å². The zero-order valence-electron chi connectivity index (χ0n) is 16.8. The highest BCUT2D eigenvalue weighted by Gasteiger charge is 2.42. The van der Waals surface area contributed by atoms with Crippen LogP contribution >= 0.6 is 0 Å². The molecule has 0 unspecified atom stereocenters. The van der Waals surface area contributed by atoms with E-state index < -0.39 is 11.6 Å². The van der Waals surface area contributed by atoms with E-state index in [0.717, 1.165) is 22.3 Å². The van der Waals surface area contributed by atoms with E-state index in [9.17, 15) is 4.79 Å². The molecule has 1 aliphatic rings. The summed E-state index contributed by atoms with van der Waals surface area (Å²) in [6.45, 7) is 0.699. The lowest BCUT2D eigenvalue weighted by Gasteiger charge is -2.41. The number of ether oxygens (including phenoxy) is 3. The Morgan fingerprint density at radius 1 is 1.03 bits per heavy atom. The van der Waals surface area contributed by atoms with Crippen LogP contribution in [0.1, 0.15) is 16.7 Å². The van der Waals surface area contributed by atoms with Crippen molar-refractivity contribution in [2.75, 3.05) is 19.8 Å². The van der Waals surface area contributed by atoms with Crippen molar-refractivity contribution in [1.29, 1.82) is 5.26 Å². The van der Waals surface area contributed by atoms with Crippen molar-refractivity contribution in [3.05, 3.63) is 89.5 Å². The molecular formula is C25H21NO5. The number of hydrogen-bond acceptors (Lipinski definition) is 5. The lowest BCUT2D eigenvalue weighted by molar-refractivity contribution is -0.220. The molecular weight excluding hydrogens is 394 g/mol. The van der Waals surface area contributed by atoms with Gasteiger partial charge in [-0.1, -0.05) is 42.5 Å². The molecule has 31 heavy (non-hydrogen) atoms. The van der Waals surface area contributed by atoms with Gasteiger partial charge in [-0.05, 0) is 52.6 Å². The molecule has 0 atom stereocenters. The van der Waals surface area contributed by atoms with Gasteiger partial charge in [0.05, 0.1) is 24.8 Å². The molecule has 6 nitrogen and oxygen atoms in total. The van der Waals surface area contributed by atoms with Gasteiger partial charge in [-0.15, -0.1) is 0 Å². The summed E-state index contributed by atoms with van der Waals surface area (Å²) < 4.78 is 16.8. The topological polar surface area (TPSA) is 88.8 Å². The molecule has 0 aromatic heterocycles. The Morgan fingerprint density at radius 3 is 2.39 bits per heavy atom. The first-order chi connectivity index (χ1) is 15.1. The summed E-state index contributed by atoms with van der Waals surface area (Å²) >= 11 is 0. The van der Waals surface area contributed by atoms with Gasteiger partial charge in [0, 0.05) is 0 Å². The van der Waals surface area contributed by atoms with Crippen molar-refractivity contribution in [3.63, 3.8) is 0 Å². The van der Waals surface area contributed by atoms with Crippen molar-refractivity contribution in [1.82, 2.24) is 0 Å². The Labute approximate surface area is 180 Å². The lowest BCUT2D eigenvalue weighted by Crippen LogP contribution is -2.49. The largest absolute Gasteiger partial charge is 0.489 e. The summed E-state index contributed by atoms with van der Waals surface area (Å²) in [5.74, 6) is -0.304. The van der Waals surface area contributed by atoms with Crippen LogP contribution in [0.15, 0.2) is 72.8 Å². The maximum Gasteiger partial charge on any atom is 0.329 e. The molecule has 6 heteroatoms. The molecule has 3 aromatic carbocycles. The Kier molecular flexibility index (Phi) is 5.99. The second-order valence-electron chi connectivity index (χ2n) is 7.38. The van der Waals surface area contributed by atoms with Crippen molar-refractivity contribution in [2.45, 2.75) is 12.2 Å². The van der Waals surface area contributed by atoms with Gasteiger partial charge in [0.15, 0.2) is 0 Å². The van der Waals surface area contributed by atoms with E-state index in [2.05, 4.69) is 6.07 Å². The van der Waals surface area contributed by atoms with Gasteiger partial charge in [0.25, 0.3) is 0 Å². The number of nitrogens with zero attached hydrogens (tertiary/aromatic N) is 1. The SMILES string of the molecule is N#Cc1cccc(-c2cccc(COc3ccc(C4(OCC(=O)O)COC4)cc3)c2)c1. The molecule has 1 heterocycles. The molecule has 0 aliphatic carbocycles. The van der Waals surface area contributed by atoms with Gasteiger partial charge in [-0.25, -0.2) is 4.79 Å². The number of carboxylic acids is 1. The summed E-state index contributed by atoms with van der Waals surface area (Å²) in [4.78, 5) is 10.8. The fourth-order valence-electron chi connectivity index (χ4n) is 3.45. The number of nitriles is 1. The predicted octanol–water partition coefficient (Wildman–Crippen LogP) is 4.13. The Balaban J connectivity index is 1.42. The fourth-order valence-corrected chi connectivity index (χ4v) is 3.45. The average Bonchev–Trinajstić information content (AvgIpc) is 2.78. The normalized spacial score (nSPS) is 14.3. The van der Waals surface area contributed by atoms with Crippen LogP contribution < -0.4 is 4.74 Å². The molecule has 0 radical (unpaired) electrons. The van der Waals surface area contributed by atoms with Gasteiger partial charge in [-0.2, -0.15) is 5.26 Å². The third-order valence-corrected chi connectivity index (χ3v) is 5.18. The number of hydrogen-bond donors (Lipinski definition) is 1. The first-order valence-corrected chi connectivity index (χ1v) is 9.84. The Bertz CT molecular complexity index is 1110. The lowest BCUT2D eigenvalue weighted by atomic mass is 9.91. The van der Waals surface area contributed by atoms with Crippen molar-refractivity contribution in [2.24, 2.45) is 0 Å². The van der Waals surface area contributed by atoms with Gasteiger partial charge >= 0.3 is 5.97 Å². The van der Waals surface area contributed by atoms with Crippen LogP contribution in [-0.2, 0) is 26.5 Å². The van der Waals surface area contributed by atoms with E-state index in [1.807, 2.05) is 66.7 Å². The minimum atomic E-state index is -1.01. The molecule has 0 bridgehead atoms. The number of carboxylic acid groups (broad SMARTS) is 1. The zero-order chi connectivity index (χ0) is 21.7. The van der Waals surface area contributed by atoms with Gasteiger partial charge in [0.2, 0.25) is 0 Å². The summed E-state index contributed by atoms with van der Waals surface area (Å²) in [5.41, 5.74) is 3.81. The maximum absolute atomic E-state index is 10.8. The molecule has 0 saturated carbocycles. The Hall–Kier alpha value is -3.66. The minimum absolute atomic E-state index is 0.334. The molecule has 3 aromatic rings. The molecule has 1 fully saturated rings. The monoisotopic (exact) mass is 415 g/mol.